The van der Waals surface area contributed by atoms with E-state index in [2.05, 4.69) is 53.4 Å². The first-order valence-electron chi connectivity index (χ1n) is 13.0. The van der Waals surface area contributed by atoms with Gasteiger partial charge in [-0.25, -0.2) is 4.98 Å². The monoisotopic (exact) mass is 505 g/mol. The molecule has 0 saturated heterocycles. The van der Waals surface area contributed by atoms with Gasteiger partial charge in [-0.05, 0) is 66.2 Å². The predicted molar refractivity (Wildman–Crippen MR) is 155 cm³/mol. The zero-order valence-electron chi connectivity index (χ0n) is 22.3. The fraction of sp³-hybridized carbons (Fsp3) is 0.242. The van der Waals surface area contributed by atoms with E-state index in [0.29, 0.717) is 25.4 Å². The molecule has 0 aliphatic carbocycles. The van der Waals surface area contributed by atoms with Crippen LogP contribution in [0.25, 0.3) is 21.7 Å². The van der Waals surface area contributed by atoms with Crippen molar-refractivity contribution in [2.75, 3.05) is 27.7 Å². The van der Waals surface area contributed by atoms with Gasteiger partial charge in [-0.15, -0.1) is 0 Å². The lowest BCUT2D eigenvalue weighted by Crippen LogP contribution is -2.38. The average Bonchev–Trinajstić information content (AvgIpc) is 2.95. The lowest BCUT2D eigenvalue weighted by atomic mass is 9.70. The number of hydrogen-bond donors (Lipinski definition) is 2. The molecule has 2 atom stereocenters. The molecule has 3 N–H and O–H groups in total. The highest BCUT2D eigenvalue weighted by atomic mass is 16.5. The van der Waals surface area contributed by atoms with E-state index in [4.69, 9.17) is 15.5 Å². The number of ether oxygens (including phenoxy) is 1. The van der Waals surface area contributed by atoms with Crippen molar-refractivity contribution >= 4 is 21.7 Å². The molecule has 1 heterocycles. The Hall–Kier alpha value is -3.77. The fourth-order valence-electron chi connectivity index (χ4n) is 5.51. The van der Waals surface area contributed by atoms with Crippen molar-refractivity contribution in [3.05, 3.63) is 119 Å². The lowest BCUT2D eigenvalue weighted by Gasteiger charge is -2.39. The van der Waals surface area contributed by atoms with Crippen molar-refractivity contribution in [2.24, 2.45) is 5.73 Å². The minimum Gasteiger partial charge on any atom is -0.481 e. The third kappa shape index (κ3) is 4.88. The van der Waals surface area contributed by atoms with Gasteiger partial charge < -0.3 is 20.5 Å². The number of pyridine rings is 1. The molecule has 0 unspecified atom stereocenters. The zero-order chi connectivity index (χ0) is 26.7. The van der Waals surface area contributed by atoms with Crippen LogP contribution >= 0.6 is 0 Å². The molecule has 5 rings (SSSR count). The van der Waals surface area contributed by atoms with Crippen LogP contribution in [-0.4, -0.2) is 42.7 Å². The Kier molecular flexibility index (Phi) is 7.43. The maximum Gasteiger partial charge on any atom is 0.217 e. The van der Waals surface area contributed by atoms with Gasteiger partial charge in [0.2, 0.25) is 5.88 Å². The Bertz CT molecular complexity index is 1550. The van der Waals surface area contributed by atoms with Gasteiger partial charge in [-0.1, -0.05) is 78.9 Å². The minimum atomic E-state index is -1.26. The molecule has 0 bridgehead atoms. The number of rotatable bonds is 9. The number of hydrogen-bond acceptors (Lipinski definition) is 5. The predicted octanol–water partition coefficient (Wildman–Crippen LogP) is 5.83. The highest BCUT2D eigenvalue weighted by Crippen LogP contribution is 2.48. The Morgan fingerprint density at radius 1 is 0.895 bits per heavy atom. The van der Waals surface area contributed by atoms with Crippen molar-refractivity contribution in [3.8, 4) is 5.88 Å². The van der Waals surface area contributed by atoms with E-state index in [0.717, 1.165) is 43.9 Å². The summed E-state index contributed by atoms with van der Waals surface area (Å²) in [6, 6.07) is 32.8. The summed E-state index contributed by atoms with van der Waals surface area (Å²) in [5, 5.41) is 16.2. The topological polar surface area (TPSA) is 71.6 Å². The first-order valence-corrected chi connectivity index (χ1v) is 13.0. The van der Waals surface area contributed by atoms with E-state index >= 15 is 0 Å². The summed E-state index contributed by atoms with van der Waals surface area (Å²) in [6.45, 7) is 1.14. The van der Waals surface area contributed by atoms with Crippen LogP contribution in [0, 0.1) is 0 Å². The smallest absolute Gasteiger partial charge is 0.217 e. The van der Waals surface area contributed by atoms with E-state index in [-0.39, 0.29) is 0 Å². The molecule has 5 heteroatoms. The van der Waals surface area contributed by atoms with Crippen LogP contribution < -0.4 is 10.5 Å². The Morgan fingerprint density at radius 2 is 1.63 bits per heavy atom. The third-order valence-corrected chi connectivity index (χ3v) is 7.42. The summed E-state index contributed by atoms with van der Waals surface area (Å²) in [5.74, 6) is 0.0678. The van der Waals surface area contributed by atoms with Crippen LogP contribution in [0.2, 0.25) is 0 Å². The second-order valence-corrected chi connectivity index (χ2v) is 10.2. The van der Waals surface area contributed by atoms with E-state index in [1.165, 1.54) is 0 Å². The fourth-order valence-corrected chi connectivity index (χ4v) is 5.51. The maximum atomic E-state index is 13.1. The van der Waals surface area contributed by atoms with Crippen molar-refractivity contribution in [1.29, 1.82) is 0 Å². The molecule has 194 valence electrons. The molecule has 4 aromatic carbocycles. The van der Waals surface area contributed by atoms with Gasteiger partial charge in [0, 0.05) is 30.0 Å². The maximum absolute atomic E-state index is 13.1. The van der Waals surface area contributed by atoms with Gasteiger partial charge in [0.15, 0.2) is 0 Å². The minimum absolute atomic E-state index is 0.442. The number of benzene rings is 4. The number of aromatic nitrogens is 1. The summed E-state index contributed by atoms with van der Waals surface area (Å²) in [5.41, 5.74) is 9.29. The van der Waals surface area contributed by atoms with Gasteiger partial charge >= 0.3 is 0 Å². The van der Waals surface area contributed by atoms with Gasteiger partial charge in [-0.2, -0.15) is 0 Å². The molecule has 1 aromatic heterocycles. The molecule has 5 nitrogen and oxygen atoms in total. The molecule has 0 aliphatic heterocycles. The summed E-state index contributed by atoms with van der Waals surface area (Å²) in [6.07, 6.45) is 0.512. The van der Waals surface area contributed by atoms with Crippen molar-refractivity contribution < 1.29 is 9.84 Å². The van der Waals surface area contributed by atoms with Crippen LogP contribution in [0.15, 0.2) is 97.1 Å². The SMILES string of the molecule is COc1nc2ccc(CN)cc2cc1[C@@H](c1ccccc1)[C@@](O)(CCN(C)C)c1cccc2ccccc12. The Labute approximate surface area is 224 Å². The zero-order valence-corrected chi connectivity index (χ0v) is 22.3. The number of fused-ring (bicyclic) bond motifs is 2. The summed E-state index contributed by atoms with van der Waals surface area (Å²) >= 11 is 0. The molecule has 0 saturated carbocycles. The molecule has 38 heavy (non-hydrogen) atoms. The highest BCUT2D eigenvalue weighted by Gasteiger charge is 2.43. The molecule has 0 aliphatic rings. The van der Waals surface area contributed by atoms with Gasteiger partial charge in [0.05, 0.1) is 12.6 Å². The number of aliphatic hydroxyl groups is 1. The summed E-state index contributed by atoms with van der Waals surface area (Å²) in [4.78, 5) is 7.01. The van der Waals surface area contributed by atoms with Gasteiger partial charge in [-0.3, -0.25) is 0 Å². The second-order valence-electron chi connectivity index (χ2n) is 10.2. The molecule has 0 amide bonds. The Balaban J connectivity index is 1.83. The number of methoxy groups -OCH3 is 1. The number of nitrogens with two attached hydrogens (primary N) is 1. The van der Waals surface area contributed by atoms with Crippen LogP contribution in [0.1, 0.15) is 34.6 Å². The third-order valence-electron chi connectivity index (χ3n) is 7.42. The Morgan fingerprint density at radius 3 is 2.37 bits per heavy atom. The normalized spacial score (nSPS) is 14.1. The standard InChI is InChI=1S/C33H35N3O2/c1-36(2)19-18-33(37,29-15-9-13-24-10-7-8-14-27(24)29)31(25-11-5-4-6-12-25)28-21-26-20-23(22-34)16-17-30(26)35-32(28)38-3/h4-17,20-21,31,37H,18-19,22,34H2,1-3H3/t31-,33-/m1/s1. The summed E-state index contributed by atoms with van der Waals surface area (Å²) in [7, 11) is 5.71. The molecule has 5 aromatic rings. The van der Waals surface area contributed by atoms with Crippen molar-refractivity contribution in [3.63, 3.8) is 0 Å². The van der Waals surface area contributed by atoms with Crippen molar-refractivity contribution in [2.45, 2.75) is 24.5 Å². The first kappa shape index (κ1) is 25.9. The number of nitrogens with zero attached hydrogens (tertiary/aromatic N) is 2. The lowest BCUT2D eigenvalue weighted by molar-refractivity contribution is 0.00520. The molecule has 0 spiro atoms. The van der Waals surface area contributed by atoms with Crippen LogP contribution in [-0.2, 0) is 12.1 Å². The average molecular weight is 506 g/mol. The van der Waals surface area contributed by atoms with E-state index in [9.17, 15) is 5.11 Å². The van der Waals surface area contributed by atoms with Gasteiger partial charge in [0.25, 0.3) is 0 Å². The molecule has 0 radical (unpaired) electrons. The molecule has 0 fully saturated rings. The van der Waals surface area contributed by atoms with Crippen molar-refractivity contribution in [1.82, 2.24) is 9.88 Å². The molecular formula is C33H35N3O2. The quantitative estimate of drug-likeness (QED) is 0.264. The van der Waals surface area contributed by atoms with Gasteiger partial charge in [0.1, 0.15) is 5.60 Å². The highest BCUT2D eigenvalue weighted by molar-refractivity contribution is 5.87. The largest absolute Gasteiger partial charge is 0.481 e. The molecular weight excluding hydrogens is 470 g/mol. The van der Waals surface area contributed by atoms with E-state index in [1.54, 1.807) is 7.11 Å². The van der Waals surface area contributed by atoms with Crippen LogP contribution in [0.5, 0.6) is 5.88 Å². The van der Waals surface area contributed by atoms with Crippen LogP contribution in [0.3, 0.4) is 0 Å². The second kappa shape index (κ2) is 10.9. The van der Waals surface area contributed by atoms with Crippen LogP contribution in [0.4, 0.5) is 0 Å². The van der Waals surface area contributed by atoms with E-state index < -0.39 is 11.5 Å². The first-order chi connectivity index (χ1) is 18.4. The van der Waals surface area contributed by atoms with E-state index in [1.807, 2.05) is 62.6 Å². The summed E-state index contributed by atoms with van der Waals surface area (Å²) < 4.78 is 5.90.